The Morgan fingerprint density at radius 3 is 2.27 bits per heavy atom. The van der Waals surface area contributed by atoms with Gasteiger partial charge in [0.2, 0.25) is 0 Å². The molecule has 0 radical (unpaired) electrons. The number of rotatable bonds is 7. The highest BCUT2D eigenvalue weighted by Crippen LogP contribution is 2.45. The number of hydrogen-bond donors (Lipinski definition) is 4. The van der Waals surface area contributed by atoms with Gasteiger partial charge in [-0.3, -0.25) is 9.11 Å². The molecule has 0 atom stereocenters. The predicted octanol–water partition coefficient (Wildman–Crippen LogP) is 5.34. The molecule has 170 valence electrons. The van der Waals surface area contributed by atoms with E-state index in [1.165, 1.54) is 32.4 Å². The van der Waals surface area contributed by atoms with Crippen molar-refractivity contribution in [2.45, 2.75) is 20.8 Å². The monoisotopic (exact) mass is 439 g/mol. The van der Waals surface area contributed by atoms with Crippen LogP contribution < -0.4 is 10.0 Å². The van der Waals surface area contributed by atoms with Crippen molar-refractivity contribution in [2.24, 2.45) is 0 Å². The van der Waals surface area contributed by atoms with E-state index in [-0.39, 0.29) is 10.9 Å². The SMILES string of the molecule is C=C/C=C1/NC(=O)N(C)C/C1=C/C.C=C/C=C\C(=C(/C=C)OC)S(O)(O)NC.CC. The maximum absolute atomic E-state index is 11.3. The van der Waals surface area contributed by atoms with Gasteiger partial charge in [-0.15, -0.1) is 10.8 Å². The van der Waals surface area contributed by atoms with Crippen molar-refractivity contribution in [1.82, 2.24) is 14.9 Å². The first-order valence-corrected chi connectivity index (χ1v) is 10.9. The number of methoxy groups -OCH3 is 1. The Kier molecular flexibility index (Phi) is 16.1. The Balaban J connectivity index is 0. The molecule has 0 saturated carbocycles. The molecular weight excluding hydrogens is 402 g/mol. The zero-order valence-electron chi connectivity index (χ0n) is 18.9. The lowest BCUT2D eigenvalue weighted by atomic mass is 10.1. The van der Waals surface area contributed by atoms with Crippen LogP contribution in [0.15, 0.2) is 84.2 Å². The van der Waals surface area contributed by atoms with Gasteiger partial charge in [0.15, 0.2) is 0 Å². The molecule has 1 fully saturated rings. The molecule has 0 aliphatic carbocycles. The van der Waals surface area contributed by atoms with E-state index in [1.54, 1.807) is 30.2 Å². The minimum atomic E-state index is -3.06. The Bertz CT molecular complexity index is 707. The van der Waals surface area contributed by atoms with Crippen molar-refractivity contribution in [1.29, 1.82) is 0 Å². The van der Waals surface area contributed by atoms with E-state index in [2.05, 4.69) is 29.8 Å². The van der Waals surface area contributed by atoms with Crippen LogP contribution in [0.1, 0.15) is 20.8 Å². The maximum atomic E-state index is 11.3. The molecule has 7 nitrogen and oxygen atoms in total. The minimum Gasteiger partial charge on any atom is -0.495 e. The van der Waals surface area contributed by atoms with E-state index in [0.717, 1.165) is 11.3 Å². The third-order valence-electron chi connectivity index (χ3n) is 3.60. The third kappa shape index (κ3) is 9.80. The van der Waals surface area contributed by atoms with Crippen LogP contribution in [-0.2, 0) is 4.74 Å². The van der Waals surface area contributed by atoms with Crippen molar-refractivity contribution in [3.8, 4) is 0 Å². The molecule has 0 unspecified atom stereocenters. The smallest absolute Gasteiger partial charge is 0.321 e. The second-order valence-electron chi connectivity index (χ2n) is 5.40. The number of likely N-dealkylation sites (N-methyl/N-ethyl adjacent to an activating group) is 1. The number of hydrogen-bond acceptors (Lipinski definition) is 5. The first-order chi connectivity index (χ1) is 14.2. The Hall–Kier alpha value is -2.52. The number of allylic oxidation sites excluding steroid dienone is 7. The van der Waals surface area contributed by atoms with Crippen molar-refractivity contribution in [2.75, 3.05) is 27.7 Å². The van der Waals surface area contributed by atoms with Crippen LogP contribution in [0.3, 0.4) is 0 Å². The lowest BCUT2D eigenvalue weighted by molar-refractivity contribution is 0.211. The van der Waals surface area contributed by atoms with Crippen LogP contribution in [-0.4, -0.2) is 47.8 Å². The summed E-state index contributed by atoms with van der Waals surface area (Å²) in [6.07, 6.45) is 11.5. The van der Waals surface area contributed by atoms with Gasteiger partial charge in [-0.2, -0.15) is 0 Å². The number of nitrogens with one attached hydrogen (secondary N) is 2. The average molecular weight is 440 g/mol. The predicted molar refractivity (Wildman–Crippen MR) is 130 cm³/mol. The molecule has 1 saturated heterocycles. The third-order valence-corrected chi connectivity index (χ3v) is 5.12. The quantitative estimate of drug-likeness (QED) is 0.317. The standard InChI is InChI=1S/C10H14N2O.C10H17NO3S.C2H6/c1-4-6-9-8(5-2)7-12(3)10(13)11-9;1-5-7-8-10(9(6-2)14-4)15(12,13)11-3;1-2/h4-6H,1,7H2,2-3H3,(H,11,13);5-8,11-13H,1-2H2,3-4H3;1-2H3/b8-5-,9-6+;8-7-,10-9-;. The molecule has 8 heteroatoms. The van der Waals surface area contributed by atoms with E-state index in [0.29, 0.717) is 12.3 Å². The summed E-state index contributed by atoms with van der Waals surface area (Å²) in [7, 11) is 1.60. The number of amides is 2. The zero-order chi connectivity index (χ0) is 23.7. The van der Waals surface area contributed by atoms with Crippen molar-refractivity contribution in [3.63, 3.8) is 0 Å². The lowest BCUT2D eigenvalue weighted by Gasteiger charge is -2.32. The highest BCUT2D eigenvalue weighted by Gasteiger charge is 2.20. The lowest BCUT2D eigenvalue weighted by Crippen LogP contribution is -2.44. The minimum absolute atomic E-state index is 0.0706. The van der Waals surface area contributed by atoms with Gasteiger partial charge in [-0.1, -0.05) is 57.9 Å². The molecule has 4 N–H and O–H groups in total. The maximum Gasteiger partial charge on any atom is 0.321 e. The van der Waals surface area contributed by atoms with E-state index < -0.39 is 10.8 Å². The molecule has 0 aromatic rings. The number of nitrogens with zero attached hydrogens (tertiary/aromatic N) is 1. The average Bonchev–Trinajstić information content (AvgIpc) is 2.75. The summed E-state index contributed by atoms with van der Waals surface area (Å²) < 4.78 is 26.8. The van der Waals surface area contributed by atoms with Gasteiger partial charge < -0.3 is 15.0 Å². The van der Waals surface area contributed by atoms with Gasteiger partial charge in [0, 0.05) is 26.3 Å². The van der Waals surface area contributed by atoms with Gasteiger partial charge in [0.1, 0.15) is 10.7 Å². The summed E-state index contributed by atoms with van der Waals surface area (Å²) in [5.41, 5.74) is 1.96. The molecule has 0 aromatic carbocycles. The van der Waals surface area contributed by atoms with Crippen LogP contribution in [0.4, 0.5) is 4.79 Å². The van der Waals surface area contributed by atoms with Crippen molar-refractivity contribution < 1.29 is 18.6 Å². The Morgan fingerprint density at radius 1 is 1.27 bits per heavy atom. The normalized spacial score (nSPS) is 17.7. The number of carbonyl (C=O) groups is 1. The molecule has 0 aromatic heterocycles. The van der Waals surface area contributed by atoms with Crippen LogP contribution >= 0.6 is 10.8 Å². The molecule has 2 amide bonds. The van der Waals surface area contributed by atoms with Gasteiger partial charge in [0.25, 0.3) is 0 Å². The molecule has 1 aliphatic heterocycles. The van der Waals surface area contributed by atoms with E-state index in [9.17, 15) is 13.9 Å². The molecule has 1 rings (SSSR count). The molecule has 1 aliphatic rings. The van der Waals surface area contributed by atoms with Crippen LogP contribution in [0.25, 0.3) is 0 Å². The first kappa shape index (κ1) is 29.7. The van der Waals surface area contributed by atoms with E-state index in [1.807, 2.05) is 26.8 Å². The van der Waals surface area contributed by atoms with E-state index in [4.69, 9.17) is 4.74 Å². The Morgan fingerprint density at radius 2 is 1.87 bits per heavy atom. The van der Waals surface area contributed by atoms with Gasteiger partial charge in [-0.05, 0) is 30.7 Å². The number of urea groups is 1. The number of carbonyl (C=O) groups excluding carboxylic acids is 1. The summed E-state index contributed by atoms with van der Waals surface area (Å²) in [6, 6.07) is -0.0706. The van der Waals surface area contributed by atoms with Crippen LogP contribution in [0.5, 0.6) is 0 Å². The van der Waals surface area contributed by atoms with Gasteiger partial charge in [-0.25, -0.2) is 9.52 Å². The van der Waals surface area contributed by atoms with E-state index >= 15 is 0 Å². The Labute approximate surface area is 183 Å². The van der Waals surface area contributed by atoms with Crippen LogP contribution in [0, 0.1) is 0 Å². The summed E-state index contributed by atoms with van der Waals surface area (Å²) in [5.74, 6) is 0.308. The highest BCUT2D eigenvalue weighted by atomic mass is 32.3. The highest BCUT2D eigenvalue weighted by molar-refractivity contribution is 8.26. The second kappa shape index (κ2) is 16.3. The summed E-state index contributed by atoms with van der Waals surface area (Å²) in [4.78, 5) is 13.1. The number of ether oxygens (including phenoxy) is 1. The molecule has 1 heterocycles. The fourth-order valence-corrected chi connectivity index (χ4v) is 3.02. The van der Waals surface area contributed by atoms with Crippen LogP contribution in [0.2, 0.25) is 0 Å². The first-order valence-electron chi connectivity index (χ1n) is 9.39. The van der Waals surface area contributed by atoms with Gasteiger partial charge in [0.05, 0.1) is 7.11 Å². The molecule has 30 heavy (non-hydrogen) atoms. The summed E-state index contributed by atoms with van der Waals surface area (Å²) >= 11 is 0. The fraction of sp³-hybridized carbons (Fsp3) is 0.318. The topological polar surface area (TPSA) is 94.1 Å². The molecular formula is C22H37N3O4S. The van der Waals surface area contributed by atoms with Crippen molar-refractivity contribution >= 4 is 16.8 Å². The molecule has 0 spiro atoms. The van der Waals surface area contributed by atoms with Gasteiger partial charge >= 0.3 is 6.03 Å². The molecule has 0 bridgehead atoms. The summed E-state index contributed by atoms with van der Waals surface area (Å²) in [5, 5.41) is 2.78. The fourth-order valence-electron chi connectivity index (χ4n) is 2.08. The zero-order valence-corrected chi connectivity index (χ0v) is 19.8. The van der Waals surface area contributed by atoms with Crippen molar-refractivity contribution in [3.05, 3.63) is 84.2 Å². The summed E-state index contributed by atoms with van der Waals surface area (Å²) in [6.45, 7) is 17.2. The second-order valence-corrected chi connectivity index (χ2v) is 7.35. The largest absolute Gasteiger partial charge is 0.495 e.